The Morgan fingerprint density at radius 3 is 2.72 bits per heavy atom. The second kappa shape index (κ2) is 6.45. The fourth-order valence-electron chi connectivity index (χ4n) is 2.16. The number of halogens is 1. The Balaban J connectivity index is 0.00000162. The van der Waals surface area contributed by atoms with Crippen molar-refractivity contribution < 1.29 is 8.42 Å². The normalized spacial score (nSPS) is 20.2. The van der Waals surface area contributed by atoms with Crippen LogP contribution in [0.25, 0.3) is 0 Å². The fraction of sp³-hybridized carbons (Fsp3) is 0.636. The highest BCUT2D eigenvalue weighted by molar-refractivity contribution is 7.91. The maximum atomic E-state index is 12.2. The van der Waals surface area contributed by atoms with Crippen LogP contribution < -0.4 is 5.32 Å². The third-order valence-electron chi connectivity index (χ3n) is 2.98. The van der Waals surface area contributed by atoms with Gasteiger partial charge in [-0.1, -0.05) is 0 Å². The zero-order chi connectivity index (χ0) is 12.3. The average molecular weight is 292 g/mol. The van der Waals surface area contributed by atoms with Crippen molar-refractivity contribution in [1.82, 2.24) is 15.3 Å². The van der Waals surface area contributed by atoms with E-state index in [1.165, 1.54) is 12.4 Å². The Bertz CT molecular complexity index is 487. The molecule has 5 nitrogen and oxygen atoms in total. The lowest BCUT2D eigenvalue weighted by atomic mass is 10.0. The SMILES string of the molecule is Cc1nccnc1S(=O)(=O)CC1CCCNC1.Cl. The van der Waals surface area contributed by atoms with E-state index in [1.54, 1.807) is 6.92 Å². The summed E-state index contributed by atoms with van der Waals surface area (Å²) < 4.78 is 24.4. The highest BCUT2D eigenvalue weighted by atomic mass is 35.5. The van der Waals surface area contributed by atoms with Crippen LogP contribution in [0.2, 0.25) is 0 Å². The molecule has 1 aliphatic heterocycles. The molecule has 0 spiro atoms. The number of piperidine rings is 1. The Morgan fingerprint density at radius 2 is 2.11 bits per heavy atom. The van der Waals surface area contributed by atoms with Gasteiger partial charge in [0, 0.05) is 12.4 Å². The van der Waals surface area contributed by atoms with Gasteiger partial charge in [0.05, 0.1) is 11.4 Å². The van der Waals surface area contributed by atoms with Crippen molar-refractivity contribution in [1.29, 1.82) is 0 Å². The lowest BCUT2D eigenvalue weighted by Gasteiger charge is -2.22. The van der Waals surface area contributed by atoms with Crippen LogP contribution in [-0.4, -0.2) is 37.2 Å². The first-order valence-electron chi connectivity index (χ1n) is 5.80. The van der Waals surface area contributed by atoms with Gasteiger partial charge in [0.2, 0.25) is 0 Å². The number of nitrogens with one attached hydrogen (secondary N) is 1. The van der Waals surface area contributed by atoms with E-state index < -0.39 is 9.84 Å². The molecule has 0 amide bonds. The van der Waals surface area contributed by atoms with Crippen LogP contribution in [0.1, 0.15) is 18.5 Å². The van der Waals surface area contributed by atoms with Gasteiger partial charge in [-0.3, -0.25) is 4.98 Å². The summed E-state index contributed by atoms with van der Waals surface area (Å²) in [5.41, 5.74) is 0.483. The van der Waals surface area contributed by atoms with E-state index in [-0.39, 0.29) is 29.1 Å². The van der Waals surface area contributed by atoms with Gasteiger partial charge < -0.3 is 5.32 Å². The van der Waals surface area contributed by atoms with Crippen LogP contribution in [0, 0.1) is 12.8 Å². The highest BCUT2D eigenvalue weighted by Crippen LogP contribution is 2.18. The van der Waals surface area contributed by atoms with Crippen molar-refractivity contribution in [2.45, 2.75) is 24.8 Å². The summed E-state index contributed by atoms with van der Waals surface area (Å²) in [6, 6.07) is 0. The molecule has 0 aliphatic carbocycles. The molecular formula is C11H18ClN3O2S. The quantitative estimate of drug-likeness (QED) is 0.899. The molecule has 7 heteroatoms. The van der Waals surface area contributed by atoms with Crippen molar-refractivity contribution in [3.05, 3.63) is 18.1 Å². The number of sulfone groups is 1. The van der Waals surface area contributed by atoms with Gasteiger partial charge in [0.1, 0.15) is 0 Å². The number of rotatable bonds is 3. The van der Waals surface area contributed by atoms with E-state index in [9.17, 15) is 8.42 Å². The van der Waals surface area contributed by atoms with E-state index in [2.05, 4.69) is 15.3 Å². The van der Waals surface area contributed by atoms with E-state index in [0.29, 0.717) is 5.69 Å². The molecule has 0 radical (unpaired) electrons. The van der Waals surface area contributed by atoms with Crippen molar-refractivity contribution in [3.63, 3.8) is 0 Å². The Labute approximate surface area is 114 Å². The van der Waals surface area contributed by atoms with Crippen LogP contribution in [0.15, 0.2) is 17.4 Å². The highest BCUT2D eigenvalue weighted by Gasteiger charge is 2.25. The minimum absolute atomic E-state index is 0. The summed E-state index contributed by atoms with van der Waals surface area (Å²) >= 11 is 0. The molecular weight excluding hydrogens is 274 g/mol. The Hall–Kier alpha value is -0.720. The first kappa shape index (κ1) is 15.3. The Kier molecular flexibility index (Phi) is 5.49. The van der Waals surface area contributed by atoms with E-state index in [1.807, 2.05) is 0 Å². The summed E-state index contributed by atoms with van der Waals surface area (Å²) in [6.45, 7) is 3.44. The van der Waals surface area contributed by atoms with Crippen LogP contribution in [0.3, 0.4) is 0 Å². The summed E-state index contributed by atoms with van der Waals surface area (Å²) in [5, 5.41) is 3.35. The Morgan fingerprint density at radius 1 is 1.39 bits per heavy atom. The number of aryl methyl sites for hydroxylation is 1. The zero-order valence-electron chi connectivity index (χ0n) is 10.3. The van der Waals surface area contributed by atoms with E-state index in [4.69, 9.17) is 0 Å². The molecule has 0 aromatic carbocycles. The van der Waals surface area contributed by atoms with E-state index in [0.717, 1.165) is 25.9 Å². The molecule has 1 unspecified atom stereocenters. The van der Waals surface area contributed by atoms with Gasteiger partial charge in [-0.05, 0) is 38.8 Å². The number of hydrogen-bond acceptors (Lipinski definition) is 5. The minimum atomic E-state index is -3.30. The monoisotopic (exact) mass is 291 g/mol. The summed E-state index contributed by atoms with van der Waals surface area (Å²) in [6.07, 6.45) is 4.95. The predicted molar refractivity (Wildman–Crippen MR) is 71.7 cm³/mol. The smallest absolute Gasteiger partial charge is 0.197 e. The van der Waals surface area contributed by atoms with Crippen molar-refractivity contribution in [3.8, 4) is 0 Å². The molecule has 18 heavy (non-hydrogen) atoms. The molecule has 1 aromatic heterocycles. The predicted octanol–water partition coefficient (Wildman–Crippen LogP) is 0.980. The lowest BCUT2D eigenvalue weighted by Crippen LogP contribution is -2.34. The molecule has 0 saturated carbocycles. The molecule has 2 heterocycles. The average Bonchev–Trinajstić information content (AvgIpc) is 2.30. The second-order valence-electron chi connectivity index (χ2n) is 4.44. The number of aromatic nitrogens is 2. The molecule has 1 N–H and O–H groups in total. The number of nitrogens with zero attached hydrogens (tertiary/aromatic N) is 2. The van der Waals surface area contributed by atoms with Gasteiger partial charge in [-0.15, -0.1) is 12.4 Å². The van der Waals surface area contributed by atoms with Crippen LogP contribution in [0.4, 0.5) is 0 Å². The molecule has 1 fully saturated rings. The number of hydrogen-bond donors (Lipinski definition) is 1. The molecule has 102 valence electrons. The van der Waals surface area contributed by atoms with Gasteiger partial charge >= 0.3 is 0 Å². The van der Waals surface area contributed by atoms with Crippen LogP contribution in [-0.2, 0) is 9.84 Å². The largest absolute Gasteiger partial charge is 0.316 e. The molecule has 0 bridgehead atoms. The van der Waals surface area contributed by atoms with Gasteiger partial charge in [-0.2, -0.15) is 0 Å². The van der Waals surface area contributed by atoms with Crippen molar-refractivity contribution in [2.24, 2.45) is 5.92 Å². The maximum Gasteiger partial charge on any atom is 0.197 e. The first-order valence-corrected chi connectivity index (χ1v) is 7.46. The topological polar surface area (TPSA) is 72.0 Å². The third kappa shape index (κ3) is 3.63. The first-order chi connectivity index (χ1) is 8.09. The third-order valence-corrected chi connectivity index (χ3v) is 4.89. The molecule has 1 saturated heterocycles. The maximum absolute atomic E-state index is 12.2. The standard InChI is InChI=1S/C11H17N3O2S.ClH/c1-9-11(14-6-5-13-9)17(15,16)8-10-3-2-4-12-7-10;/h5-6,10,12H,2-4,7-8H2,1H3;1H. The molecule has 1 atom stereocenters. The second-order valence-corrected chi connectivity index (χ2v) is 6.39. The summed E-state index contributed by atoms with van der Waals surface area (Å²) in [4.78, 5) is 7.93. The van der Waals surface area contributed by atoms with Gasteiger partial charge in [0.15, 0.2) is 14.9 Å². The van der Waals surface area contributed by atoms with Crippen molar-refractivity contribution >= 4 is 22.2 Å². The van der Waals surface area contributed by atoms with Crippen molar-refractivity contribution in [2.75, 3.05) is 18.8 Å². The zero-order valence-corrected chi connectivity index (χ0v) is 11.9. The molecule has 2 rings (SSSR count). The fourth-order valence-corrected chi connectivity index (χ4v) is 3.94. The summed E-state index contributed by atoms with van der Waals surface area (Å²) in [5.74, 6) is 0.356. The van der Waals surface area contributed by atoms with Crippen LogP contribution >= 0.6 is 12.4 Å². The van der Waals surface area contributed by atoms with Crippen LogP contribution in [0.5, 0.6) is 0 Å². The molecule has 1 aliphatic rings. The van der Waals surface area contributed by atoms with E-state index >= 15 is 0 Å². The summed E-state index contributed by atoms with van der Waals surface area (Å²) in [7, 11) is -3.30. The minimum Gasteiger partial charge on any atom is -0.316 e. The van der Waals surface area contributed by atoms with Gasteiger partial charge in [0.25, 0.3) is 0 Å². The lowest BCUT2D eigenvalue weighted by molar-refractivity contribution is 0.403. The molecule has 1 aromatic rings. The van der Waals surface area contributed by atoms with Gasteiger partial charge in [-0.25, -0.2) is 13.4 Å².